The van der Waals surface area contributed by atoms with E-state index in [1.54, 1.807) is 7.11 Å². The number of carbonyl (C=O) groups excluding carboxylic acids is 1. The van der Waals surface area contributed by atoms with Crippen molar-refractivity contribution in [1.82, 2.24) is 4.90 Å². The number of piperazine rings is 1. The van der Waals surface area contributed by atoms with E-state index in [9.17, 15) is 4.79 Å². The molecule has 6 nitrogen and oxygen atoms in total. The third-order valence-electron chi connectivity index (χ3n) is 5.00. The van der Waals surface area contributed by atoms with E-state index in [0.29, 0.717) is 19.5 Å². The molecule has 0 bridgehead atoms. The Bertz CT molecular complexity index is 701. The highest BCUT2D eigenvalue weighted by Crippen LogP contribution is 2.33. The first-order valence-electron chi connectivity index (χ1n) is 8.68. The quantitative estimate of drug-likeness (QED) is 0.845. The van der Waals surface area contributed by atoms with Crippen molar-refractivity contribution in [3.63, 3.8) is 0 Å². The van der Waals surface area contributed by atoms with Gasteiger partial charge in [0.05, 0.1) is 18.4 Å². The van der Waals surface area contributed by atoms with Crippen LogP contribution < -0.4 is 9.64 Å². The average molecular weight is 345 g/mol. The van der Waals surface area contributed by atoms with E-state index in [2.05, 4.69) is 30.0 Å². The Morgan fingerprint density at radius 2 is 2.04 bits per heavy atom. The fourth-order valence-corrected chi connectivity index (χ4v) is 3.77. The van der Waals surface area contributed by atoms with Crippen LogP contribution in [0.25, 0.3) is 0 Å². The van der Waals surface area contributed by atoms with Gasteiger partial charge in [-0.1, -0.05) is 11.2 Å². The number of ether oxygens (including phenoxy) is 1. The molecule has 1 aromatic rings. The molecule has 6 heteroatoms. The van der Waals surface area contributed by atoms with Gasteiger partial charge in [0, 0.05) is 37.8 Å². The maximum atomic E-state index is 13.0. The Labute approximate surface area is 149 Å². The summed E-state index contributed by atoms with van der Waals surface area (Å²) in [4.78, 5) is 22.7. The van der Waals surface area contributed by atoms with E-state index in [1.807, 2.05) is 36.9 Å². The molecule has 0 aromatic heterocycles. The van der Waals surface area contributed by atoms with Crippen molar-refractivity contribution < 1.29 is 14.4 Å². The molecule has 2 aliphatic heterocycles. The van der Waals surface area contributed by atoms with E-state index in [-0.39, 0.29) is 11.4 Å². The van der Waals surface area contributed by atoms with Crippen molar-refractivity contribution in [1.29, 1.82) is 0 Å². The van der Waals surface area contributed by atoms with Crippen LogP contribution in [0.3, 0.4) is 0 Å². The summed E-state index contributed by atoms with van der Waals surface area (Å²) in [6.45, 7) is 10.1. The number of carbonyl (C=O) groups is 1. The second-order valence-corrected chi connectivity index (χ2v) is 7.72. The van der Waals surface area contributed by atoms with Gasteiger partial charge in [0.15, 0.2) is 0 Å². The molecule has 1 atom stereocenters. The minimum atomic E-state index is -0.863. The fourth-order valence-electron chi connectivity index (χ4n) is 3.77. The number of methoxy groups -OCH3 is 1. The number of nitrogens with zero attached hydrogens (tertiary/aromatic N) is 3. The Morgan fingerprint density at radius 1 is 1.28 bits per heavy atom. The molecule has 0 unspecified atom stereocenters. The maximum Gasteiger partial charge on any atom is 0.269 e. The van der Waals surface area contributed by atoms with E-state index in [0.717, 1.165) is 23.7 Å². The Hall–Kier alpha value is -2.24. The fraction of sp³-hybridized carbons (Fsp3) is 0.579. The Balaban J connectivity index is 1.75. The summed E-state index contributed by atoms with van der Waals surface area (Å²) in [6.07, 6.45) is 0.558. The summed E-state index contributed by atoms with van der Waals surface area (Å²) in [5.41, 5.74) is 0.924. The Morgan fingerprint density at radius 3 is 2.64 bits per heavy atom. The summed E-state index contributed by atoms with van der Waals surface area (Å²) in [7, 11) is 1.67. The summed E-state index contributed by atoms with van der Waals surface area (Å²) >= 11 is 0. The molecule has 3 rings (SSSR count). The third kappa shape index (κ3) is 3.30. The van der Waals surface area contributed by atoms with Gasteiger partial charge in [-0.05, 0) is 39.8 Å². The van der Waals surface area contributed by atoms with Gasteiger partial charge in [0.1, 0.15) is 5.75 Å². The van der Waals surface area contributed by atoms with Crippen LogP contribution in [-0.4, -0.2) is 54.4 Å². The van der Waals surface area contributed by atoms with E-state index in [1.165, 1.54) is 0 Å². The van der Waals surface area contributed by atoms with Crippen molar-refractivity contribution in [2.75, 3.05) is 31.6 Å². The summed E-state index contributed by atoms with van der Waals surface area (Å²) in [5, 5.41) is 3.97. The van der Waals surface area contributed by atoms with Crippen LogP contribution in [0.2, 0.25) is 0 Å². The molecule has 1 aromatic carbocycles. The molecule has 2 heterocycles. The first-order chi connectivity index (χ1) is 11.7. The van der Waals surface area contributed by atoms with Crippen LogP contribution in [0.5, 0.6) is 5.75 Å². The molecular weight excluding hydrogens is 318 g/mol. The molecule has 136 valence electrons. The number of anilines is 1. The lowest BCUT2D eigenvalue weighted by molar-refractivity contribution is -0.154. The molecule has 0 aliphatic carbocycles. The van der Waals surface area contributed by atoms with Crippen LogP contribution in [0, 0.1) is 0 Å². The van der Waals surface area contributed by atoms with Crippen LogP contribution in [0.15, 0.2) is 29.4 Å². The molecule has 0 saturated carbocycles. The molecule has 0 radical (unpaired) electrons. The molecule has 0 N–H and O–H groups in total. The highest BCUT2D eigenvalue weighted by atomic mass is 16.7. The molecular formula is C19H27N3O3. The smallest absolute Gasteiger partial charge is 0.269 e. The van der Waals surface area contributed by atoms with E-state index < -0.39 is 5.60 Å². The SMILES string of the molecule is COc1cccc(N2CCN(C(=O)[C@]3(C)CC(C)=NO3)CC2(C)C)c1. The summed E-state index contributed by atoms with van der Waals surface area (Å²) < 4.78 is 5.34. The van der Waals surface area contributed by atoms with Crippen molar-refractivity contribution in [2.24, 2.45) is 5.16 Å². The number of hydrogen-bond donors (Lipinski definition) is 0. The van der Waals surface area contributed by atoms with E-state index in [4.69, 9.17) is 9.57 Å². The zero-order valence-electron chi connectivity index (χ0n) is 15.7. The highest BCUT2D eigenvalue weighted by Gasteiger charge is 2.46. The molecule has 0 spiro atoms. The van der Waals surface area contributed by atoms with Gasteiger partial charge in [-0.2, -0.15) is 0 Å². The minimum Gasteiger partial charge on any atom is -0.497 e. The molecule has 2 aliphatic rings. The van der Waals surface area contributed by atoms with Crippen molar-refractivity contribution in [3.8, 4) is 5.75 Å². The lowest BCUT2D eigenvalue weighted by Crippen LogP contribution is -2.63. The normalized spacial score (nSPS) is 25.4. The highest BCUT2D eigenvalue weighted by molar-refractivity contribution is 5.94. The van der Waals surface area contributed by atoms with Gasteiger partial charge < -0.3 is 19.4 Å². The second kappa shape index (κ2) is 6.24. The van der Waals surface area contributed by atoms with Crippen LogP contribution in [-0.2, 0) is 9.63 Å². The van der Waals surface area contributed by atoms with Gasteiger partial charge in [-0.3, -0.25) is 4.79 Å². The van der Waals surface area contributed by atoms with E-state index >= 15 is 0 Å². The van der Waals surface area contributed by atoms with Crippen LogP contribution >= 0.6 is 0 Å². The molecule has 25 heavy (non-hydrogen) atoms. The third-order valence-corrected chi connectivity index (χ3v) is 5.00. The van der Waals surface area contributed by atoms with Gasteiger partial charge in [0.2, 0.25) is 5.60 Å². The zero-order chi connectivity index (χ0) is 18.2. The molecule has 1 amide bonds. The Kier molecular flexibility index (Phi) is 4.39. The lowest BCUT2D eigenvalue weighted by atomic mass is 9.93. The van der Waals surface area contributed by atoms with Gasteiger partial charge in [-0.15, -0.1) is 0 Å². The predicted molar refractivity (Wildman–Crippen MR) is 98.2 cm³/mol. The topological polar surface area (TPSA) is 54.4 Å². The van der Waals surface area contributed by atoms with Gasteiger partial charge in [-0.25, -0.2) is 0 Å². The first kappa shape index (κ1) is 17.6. The maximum absolute atomic E-state index is 13.0. The standard InChI is InChI=1S/C19H27N3O3/c1-14-12-19(4,25-20-14)17(23)21-9-10-22(18(2,3)13-21)15-7-6-8-16(11-15)24-5/h6-8,11H,9-10,12-13H2,1-5H3/t19-/m0/s1. The largest absolute Gasteiger partial charge is 0.497 e. The molecule has 1 fully saturated rings. The molecule has 1 saturated heterocycles. The predicted octanol–water partition coefficient (Wildman–Crippen LogP) is 2.68. The summed E-state index contributed by atoms with van der Waals surface area (Å²) in [6, 6.07) is 8.06. The monoisotopic (exact) mass is 345 g/mol. The van der Waals surface area contributed by atoms with Crippen molar-refractivity contribution >= 4 is 17.3 Å². The minimum absolute atomic E-state index is 0.0199. The zero-order valence-corrected chi connectivity index (χ0v) is 15.7. The van der Waals surface area contributed by atoms with Gasteiger partial charge in [0.25, 0.3) is 5.91 Å². The number of rotatable bonds is 3. The second-order valence-electron chi connectivity index (χ2n) is 7.72. The van der Waals surface area contributed by atoms with Crippen LogP contribution in [0.1, 0.15) is 34.1 Å². The summed E-state index contributed by atoms with van der Waals surface area (Å²) in [5.74, 6) is 0.859. The lowest BCUT2D eigenvalue weighted by Gasteiger charge is -2.49. The first-order valence-corrected chi connectivity index (χ1v) is 8.68. The van der Waals surface area contributed by atoms with Crippen molar-refractivity contribution in [3.05, 3.63) is 24.3 Å². The average Bonchev–Trinajstić information content (AvgIpc) is 2.93. The number of amides is 1. The van der Waals surface area contributed by atoms with Crippen molar-refractivity contribution in [2.45, 2.75) is 45.3 Å². The number of hydrogen-bond acceptors (Lipinski definition) is 5. The van der Waals surface area contributed by atoms with Gasteiger partial charge >= 0.3 is 0 Å². The number of benzene rings is 1. The van der Waals surface area contributed by atoms with Crippen LogP contribution in [0.4, 0.5) is 5.69 Å². The number of oxime groups is 1.